The molecule has 0 N–H and O–H groups in total. The fourth-order valence-corrected chi connectivity index (χ4v) is 2.79. The van der Waals surface area contributed by atoms with Gasteiger partial charge >= 0.3 is 0 Å². The van der Waals surface area contributed by atoms with Crippen LogP contribution in [-0.4, -0.2) is 40.1 Å². The van der Waals surface area contributed by atoms with Crippen molar-refractivity contribution in [3.05, 3.63) is 11.7 Å². The van der Waals surface area contributed by atoms with Crippen LogP contribution in [-0.2, 0) is 16.1 Å². The van der Waals surface area contributed by atoms with Crippen molar-refractivity contribution < 1.29 is 14.1 Å². The summed E-state index contributed by atoms with van der Waals surface area (Å²) in [5.74, 6) is 2.47. The molecule has 1 aromatic rings. The maximum absolute atomic E-state index is 12.1. The van der Waals surface area contributed by atoms with Gasteiger partial charge in [-0.15, -0.1) is 0 Å². The molecule has 1 atom stereocenters. The molecule has 6 nitrogen and oxygen atoms in total. The zero-order chi connectivity index (χ0) is 15.5. The highest BCUT2D eigenvalue weighted by molar-refractivity contribution is 5.76. The molecule has 6 heteroatoms. The second-order valence-electron chi connectivity index (χ2n) is 6.84. The molecule has 0 spiro atoms. The summed E-state index contributed by atoms with van der Waals surface area (Å²) in [6, 6.07) is 0. The van der Waals surface area contributed by atoms with E-state index < -0.39 is 0 Å². The molecule has 0 bridgehead atoms. The first-order valence-corrected chi connectivity index (χ1v) is 8.33. The summed E-state index contributed by atoms with van der Waals surface area (Å²) in [6.07, 6.45) is 4.97. The van der Waals surface area contributed by atoms with Crippen molar-refractivity contribution in [2.45, 2.75) is 64.6 Å². The first-order valence-electron chi connectivity index (χ1n) is 8.33. The number of likely N-dealkylation sites (tertiary alicyclic amines) is 1. The predicted octanol–water partition coefficient (Wildman–Crippen LogP) is 2.50. The molecule has 122 valence electrons. The van der Waals surface area contributed by atoms with E-state index in [1.807, 2.05) is 4.90 Å². The fraction of sp³-hybridized carbons (Fsp3) is 0.812. The Labute approximate surface area is 131 Å². The van der Waals surface area contributed by atoms with Gasteiger partial charge in [-0.3, -0.25) is 4.79 Å². The first kappa shape index (κ1) is 15.5. The Bertz CT molecular complexity index is 510. The van der Waals surface area contributed by atoms with Crippen molar-refractivity contribution in [3.8, 4) is 0 Å². The van der Waals surface area contributed by atoms with Crippen LogP contribution in [0.15, 0.2) is 4.52 Å². The Morgan fingerprint density at radius 2 is 2.23 bits per heavy atom. The minimum absolute atomic E-state index is 0.0766. The van der Waals surface area contributed by atoms with Gasteiger partial charge in [0.05, 0.1) is 6.10 Å². The van der Waals surface area contributed by atoms with Crippen molar-refractivity contribution in [2.24, 2.45) is 5.92 Å². The van der Waals surface area contributed by atoms with Gasteiger partial charge in [0.25, 0.3) is 0 Å². The number of nitrogens with zero attached hydrogens (tertiary/aromatic N) is 3. The van der Waals surface area contributed by atoms with Crippen LogP contribution in [0.1, 0.15) is 63.6 Å². The first-order chi connectivity index (χ1) is 10.6. The molecule has 1 aliphatic heterocycles. The summed E-state index contributed by atoms with van der Waals surface area (Å²) in [6.45, 7) is 6.04. The van der Waals surface area contributed by atoms with E-state index in [9.17, 15) is 4.79 Å². The summed E-state index contributed by atoms with van der Waals surface area (Å²) in [7, 11) is 0. The number of hydrogen-bond donors (Lipinski definition) is 0. The molecule has 2 aliphatic rings. The van der Waals surface area contributed by atoms with Crippen LogP contribution < -0.4 is 0 Å². The van der Waals surface area contributed by atoms with Crippen LogP contribution in [0.3, 0.4) is 0 Å². The lowest BCUT2D eigenvalue weighted by Gasteiger charge is -2.33. The number of amides is 1. The van der Waals surface area contributed by atoms with Gasteiger partial charge < -0.3 is 14.2 Å². The molecule has 2 fully saturated rings. The highest BCUT2D eigenvalue weighted by Gasteiger charge is 2.30. The molecular weight excluding hydrogens is 282 g/mol. The highest BCUT2D eigenvalue weighted by atomic mass is 16.5. The molecule has 1 aromatic heterocycles. The molecule has 22 heavy (non-hydrogen) atoms. The third-order valence-corrected chi connectivity index (χ3v) is 4.17. The Morgan fingerprint density at radius 1 is 1.41 bits per heavy atom. The molecule has 1 amide bonds. The van der Waals surface area contributed by atoms with Gasteiger partial charge in [0.1, 0.15) is 6.61 Å². The van der Waals surface area contributed by atoms with Crippen LogP contribution in [0, 0.1) is 5.92 Å². The van der Waals surface area contributed by atoms with Crippen molar-refractivity contribution in [3.63, 3.8) is 0 Å². The second-order valence-corrected chi connectivity index (χ2v) is 6.84. The third-order valence-electron chi connectivity index (χ3n) is 4.17. The number of piperidine rings is 1. The van der Waals surface area contributed by atoms with Crippen molar-refractivity contribution >= 4 is 5.91 Å². The maximum Gasteiger partial charge on any atom is 0.229 e. The van der Waals surface area contributed by atoms with E-state index >= 15 is 0 Å². The van der Waals surface area contributed by atoms with Crippen LogP contribution in [0.2, 0.25) is 0 Å². The molecule has 1 unspecified atom stereocenters. The Morgan fingerprint density at radius 3 is 2.95 bits per heavy atom. The third kappa shape index (κ3) is 4.06. The zero-order valence-corrected chi connectivity index (χ0v) is 13.5. The summed E-state index contributed by atoms with van der Waals surface area (Å²) in [4.78, 5) is 18.4. The average Bonchev–Trinajstić information content (AvgIpc) is 3.24. The largest absolute Gasteiger partial charge is 0.368 e. The minimum Gasteiger partial charge on any atom is -0.368 e. The Hall–Kier alpha value is -1.43. The number of hydrogen-bond acceptors (Lipinski definition) is 5. The lowest BCUT2D eigenvalue weighted by molar-refractivity contribution is -0.136. The van der Waals surface area contributed by atoms with Gasteiger partial charge in [0, 0.05) is 25.4 Å². The topological polar surface area (TPSA) is 68.5 Å². The number of carbonyl (C=O) groups is 1. The fourth-order valence-electron chi connectivity index (χ4n) is 2.79. The molecule has 3 rings (SSSR count). The number of carbonyl (C=O) groups excluding carboxylic acids is 1. The summed E-state index contributed by atoms with van der Waals surface area (Å²) in [5.41, 5.74) is 0. The van der Waals surface area contributed by atoms with E-state index in [0.29, 0.717) is 37.2 Å². The highest BCUT2D eigenvalue weighted by Crippen LogP contribution is 2.38. The van der Waals surface area contributed by atoms with Gasteiger partial charge in [-0.25, -0.2) is 0 Å². The number of rotatable bonds is 6. The van der Waals surface area contributed by atoms with Gasteiger partial charge in [0.15, 0.2) is 5.82 Å². The second kappa shape index (κ2) is 6.77. The smallest absolute Gasteiger partial charge is 0.229 e. The quantitative estimate of drug-likeness (QED) is 0.807. The SMILES string of the molecule is CC(C)CC(=O)N1CCCC(OCc2noc(C3CC3)n2)C1. The summed E-state index contributed by atoms with van der Waals surface area (Å²) < 4.78 is 11.1. The minimum atomic E-state index is 0.0766. The molecule has 0 aromatic carbocycles. The van der Waals surface area contributed by atoms with Crippen LogP contribution >= 0.6 is 0 Å². The van der Waals surface area contributed by atoms with Crippen molar-refractivity contribution in [1.29, 1.82) is 0 Å². The van der Waals surface area contributed by atoms with E-state index in [0.717, 1.165) is 38.1 Å². The predicted molar refractivity (Wildman–Crippen MR) is 80.1 cm³/mol. The Balaban J connectivity index is 1.46. The standard InChI is InChI=1S/C16H25N3O3/c1-11(2)8-15(20)19-7-3-4-13(9-19)21-10-14-17-16(22-18-14)12-5-6-12/h11-13H,3-10H2,1-2H3. The van der Waals surface area contributed by atoms with Crippen molar-refractivity contribution in [2.75, 3.05) is 13.1 Å². The van der Waals surface area contributed by atoms with Crippen LogP contribution in [0.25, 0.3) is 0 Å². The summed E-state index contributed by atoms with van der Waals surface area (Å²) >= 11 is 0. The van der Waals surface area contributed by atoms with Crippen molar-refractivity contribution in [1.82, 2.24) is 15.0 Å². The molecule has 1 saturated heterocycles. The van der Waals surface area contributed by atoms with Crippen LogP contribution in [0.4, 0.5) is 0 Å². The molecule has 2 heterocycles. The molecule has 1 saturated carbocycles. The van der Waals surface area contributed by atoms with E-state index in [1.165, 1.54) is 0 Å². The van der Waals surface area contributed by atoms with Gasteiger partial charge in [-0.05, 0) is 31.6 Å². The lowest BCUT2D eigenvalue weighted by Crippen LogP contribution is -2.43. The average molecular weight is 307 g/mol. The van der Waals surface area contributed by atoms with E-state index in [1.54, 1.807) is 0 Å². The van der Waals surface area contributed by atoms with Gasteiger partial charge in [-0.2, -0.15) is 4.98 Å². The van der Waals surface area contributed by atoms with E-state index in [4.69, 9.17) is 9.26 Å². The van der Waals surface area contributed by atoms with E-state index in [-0.39, 0.29) is 12.0 Å². The van der Waals surface area contributed by atoms with Gasteiger partial charge in [-0.1, -0.05) is 19.0 Å². The normalized spacial score (nSPS) is 22.3. The maximum atomic E-state index is 12.1. The Kier molecular flexibility index (Phi) is 4.76. The van der Waals surface area contributed by atoms with Crippen LogP contribution in [0.5, 0.6) is 0 Å². The molecule has 0 radical (unpaired) electrons. The molecule has 1 aliphatic carbocycles. The monoisotopic (exact) mass is 307 g/mol. The number of aromatic nitrogens is 2. The lowest BCUT2D eigenvalue weighted by atomic mass is 10.1. The zero-order valence-electron chi connectivity index (χ0n) is 13.5. The number of ether oxygens (including phenoxy) is 1. The summed E-state index contributed by atoms with van der Waals surface area (Å²) in [5, 5.41) is 3.96. The van der Waals surface area contributed by atoms with E-state index in [2.05, 4.69) is 24.0 Å². The van der Waals surface area contributed by atoms with Gasteiger partial charge in [0.2, 0.25) is 11.8 Å². The molecular formula is C16H25N3O3.